The molecule has 3 rings (SSSR count). The van der Waals surface area contributed by atoms with Crippen molar-refractivity contribution in [2.24, 2.45) is 0 Å². The average Bonchev–Trinajstić information content (AvgIpc) is 2.73. The van der Waals surface area contributed by atoms with E-state index >= 15 is 0 Å². The first kappa shape index (κ1) is 20.9. The summed E-state index contributed by atoms with van der Waals surface area (Å²) in [5, 5.41) is 3.16. The SMILES string of the molecule is Cc1ccc(C(=O)NC2CCN(c3ccccc3C(=O)N(C)C(C)C)CC2)cc1. The zero-order chi connectivity index (χ0) is 21.0. The fraction of sp³-hybridized carbons (Fsp3) is 0.417. The maximum Gasteiger partial charge on any atom is 0.255 e. The summed E-state index contributed by atoms with van der Waals surface area (Å²) in [5.74, 6) is 0.0305. The summed E-state index contributed by atoms with van der Waals surface area (Å²) in [4.78, 5) is 29.4. The molecule has 29 heavy (non-hydrogen) atoms. The first-order chi connectivity index (χ1) is 13.9. The van der Waals surface area contributed by atoms with Gasteiger partial charge in [-0.15, -0.1) is 0 Å². The van der Waals surface area contributed by atoms with Crippen LogP contribution < -0.4 is 10.2 Å². The Labute approximate surface area is 173 Å². The number of aryl methyl sites for hydroxylation is 1. The highest BCUT2D eigenvalue weighted by Crippen LogP contribution is 2.26. The number of hydrogen-bond donors (Lipinski definition) is 1. The molecule has 0 atom stereocenters. The lowest BCUT2D eigenvalue weighted by Gasteiger charge is -2.35. The number of carbonyl (C=O) groups is 2. The molecule has 0 bridgehead atoms. The Bertz CT molecular complexity index is 853. The molecule has 1 heterocycles. The van der Waals surface area contributed by atoms with E-state index in [0.717, 1.165) is 42.7 Å². The lowest BCUT2D eigenvalue weighted by atomic mass is 10.0. The van der Waals surface area contributed by atoms with Crippen LogP contribution in [0.5, 0.6) is 0 Å². The number of nitrogens with one attached hydrogen (secondary N) is 1. The van der Waals surface area contributed by atoms with Gasteiger partial charge in [-0.25, -0.2) is 0 Å². The molecular formula is C24H31N3O2. The minimum absolute atomic E-state index is 0.0161. The highest BCUT2D eigenvalue weighted by molar-refractivity contribution is 6.00. The maximum absolute atomic E-state index is 12.9. The number of piperidine rings is 1. The van der Waals surface area contributed by atoms with E-state index in [1.165, 1.54) is 0 Å². The van der Waals surface area contributed by atoms with Gasteiger partial charge in [0.15, 0.2) is 0 Å². The van der Waals surface area contributed by atoms with Gasteiger partial charge in [-0.1, -0.05) is 29.8 Å². The number of hydrogen-bond acceptors (Lipinski definition) is 3. The number of para-hydroxylation sites is 1. The molecule has 1 aliphatic heterocycles. The van der Waals surface area contributed by atoms with Gasteiger partial charge in [0.25, 0.3) is 11.8 Å². The van der Waals surface area contributed by atoms with Crippen LogP contribution in [0.3, 0.4) is 0 Å². The van der Waals surface area contributed by atoms with Gasteiger partial charge >= 0.3 is 0 Å². The van der Waals surface area contributed by atoms with Crippen LogP contribution in [0, 0.1) is 6.92 Å². The molecule has 2 amide bonds. The van der Waals surface area contributed by atoms with E-state index in [1.54, 1.807) is 4.90 Å². The Morgan fingerprint density at radius 2 is 1.66 bits per heavy atom. The third-order valence-corrected chi connectivity index (χ3v) is 5.71. The molecule has 5 heteroatoms. The van der Waals surface area contributed by atoms with Crippen LogP contribution in [0.2, 0.25) is 0 Å². The Morgan fingerprint density at radius 3 is 2.28 bits per heavy atom. The average molecular weight is 394 g/mol. The molecule has 1 N–H and O–H groups in total. The molecule has 0 spiro atoms. The van der Waals surface area contributed by atoms with Gasteiger partial charge in [-0.3, -0.25) is 9.59 Å². The summed E-state index contributed by atoms with van der Waals surface area (Å²) >= 11 is 0. The van der Waals surface area contributed by atoms with Crippen molar-refractivity contribution in [1.29, 1.82) is 0 Å². The minimum atomic E-state index is -0.0161. The van der Waals surface area contributed by atoms with Gasteiger partial charge in [0.2, 0.25) is 0 Å². The van der Waals surface area contributed by atoms with E-state index in [0.29, 0.717) is 5.56 Å². The molecule has 0 aromatic heterocycles. The number of nitrogens with zero attached hydrogens (tertiary/aromatic N) is 2. The summed E-state index contributed by atoms with van der Waals surface area (Å²) in [6, 6.07) is 15.8. The van der Waals surface area contributed by atoms with E-state index in [4.69, 9.17) is 0 Å². The van der Waals surface area contributed by atoms with Crippen molar-refractivity contribution in [2.45, 2.75) is 45.7 Å². The Morgan fingerprint density at radius 1 is 1.03 bits per heavy atom. The first-order valence-electron chi connectivity index (χ1n) is 10.4. The molecule has 1 saturated heterocycles. The number of amides is 2. The number of rotatable bonds is 5. The van der Waals surface area contributed by atoms with E-state index in [9.17, 15) is 9.59 Å². The van der Waals surface area contributed by atoms with Crippen molar-refractivity contribution in [2.75, 3.05) is 25.0 Å². The molecule has 0 radical (unpaired) electrons. The predicted octanol–water partition coefficient (Wildman–Crippen LogP) is 3.87. The van der Waals surface area contributed by atoms with E-state index in [-0.39, 0.29) is 23.9 Å². The van der Waals surface area contributed by atoms with Gasteiger partial charge in [0.05, 0.1) is 5.56 Å². The molecule has 0 aliphatic carbocycles. The van der Waals surface area contributed by atoms with Gasteiger partial charge in [0.1, 0.15) is 0 Å². The zero-order valence-electron chi connectivity index (χ0n) is 17.8. The molecule has 2 aromatic rings. The highest BCUT2D eigenvalue weighted by Gasteiger charge is 2.25. The number of carbonyl (C=O) groups excluding carboxylic acids is 2. The van der Waals surface area contributed by atoms with E-state index < -0.39 is 0 Å². The third kappa shape index (κ3) is 4.97. The standard InChI is InChI=1S/C24H31N3O2/c1-17(2)26(4)24(29)21-7-5-6-8-22(21)27-15-13-20(14-16-27)25-23(28)19-11-9-18(3)10-12-19/h5-12,17,20H,13-16H2,1-4H3,(H,25,28). The zero-order valence-corrected chi connectivity index (χ0v) is 17.8. The number of benzene rings is 2. The second kappa shape index (κ2) is 9.12. The van der Waals surface area contributed by atoms with Crippen molar-refractivity contribution in [3.8, 4) is 0 Å². The fourth-order valence-corrected chi connectivity index (χ4v) is 3.59. The van der Waals surface area contributed by atoms with Crippen LogP contribution >= 0.6 is 0 Å². The van der Waals surface area contributed by atoms with E-state index in [1.807, 2.05) is 76.3 Å². The summed E-state index contributed by atoms with van der Waals surface area (Å²) in [6.45, 7) is 7.67. The molecular weight excluding hydrogens is 362 g/mol. The molecule has 1 fully saturated rings. The summed E-state index contributed by atoms with van der Waals surface area (Å²) in [6.07, 6.45) is 1.72. The highest BCUT2D eigenvalue weighted by atomic mass is 16.2. The van der Waals surface area contributed by atoms with Crippen molar-refractivity contribution in [3.05, 3.63) is 65.2 Å². The van der Waals surface area contributed by atoms with Crippen molar-refractivity contribution in [3.63, 3.8) is 0 Å². The molecule has 154 valence electrons. The minimum Gasteiger partial charge on any atom is -0.371 e. The van der Waals surface area contributed by atoms with Gasteiger partial charge in [-0.2, -0.15) is 0 Å². The molecule has 0 unspecified atom stereocenters. The van der Waals surface area contributed by atoms with Crippen molar-refractivity contribution >= 4 is 17.5 Å². The molecule has 1 aliphatic rings. The summed E-state index contributed by atoms with van der Waals surface area (Å²) in [7, 11) is 1.84. The van der Waals surface area contributed by atoms with Gasteiger partial charge in [-0.05, 0) is 57.9 Å². The smallest absolute Gasteiger partial charge is 0.255 e. The third-order valence-electron chi connectivity index (χ3n) is 5.71. The maximum atomic E-state index is 12.9. The Balaban J connectivity index is 1.63. The monoisotopic (exact) mass is 393 g/mol. The van der Waals surface area contributed by atoms with E-state index in [2.05, 4.69) is 10.2 Å². The molecule has 5 nitrogen and oxygen atoms in total. The van der Waals surface area contributed by atoms with Gasteiger partial charge < -0.3 is 15.1 Å². The normalized spacial score (nSPS) is 14.7. The second-order valence-corrected chi connectivity index (χ2v) is 8.13. The topological polar surface area (TPSA) is 52.7 Å². The second-order valence-electron chi connectivity index (χ2n) is 8.13. The van der Waals surface area contributed by atoms with Crippen LogP contribution in [0.1, 0.15) is 53.0 Å². The Hall–Kier alpha value is -2.82. The molecule has 2 aromatic carbocycles. The Kier molecular flexibility index (Phi) is 6.57. The largest absolute Gasteiger partial charge is 0.371 e. The quantitative estimate of drug-likeness (QED) is 0.839. The number of anilines is 1. The summed E-state index contributed by atoms with van der Waals surface area (Å²) in [5.41, 5.74) is 3.57. The van der Waals surface area contributed by atoms with Crippen LogP contribution in [0.15, 0.2) is 48.5 Å². The lowest BCUT2D eigenvalue weighted by Crippen LogP contribution is -2.45. The van der Waals surface area contributed by atoms with Crippen LogP contribution in [0.4, 0.5) is 5.69 Å². The fourth-order valence-electron chi connectivity index (χ4n) is 3.59. The van der Waals surface area contributed by atoms with Crippen LogP contribution in [-0.2, 0) is 0 Å². The predicted molar refractivity (Wildman–Crippen MR) is 118 cm³/mol. The van der Waals surface area contributed by atoms with Crippen molar-refractivity contribution < 1.29 is 9.59 Å². The van der Waals surface area contributed by atoms with Crippen molar-refractivity contribution in [1.82, 2.24) is 10.2 Å². The molecule has 0 saturated carbocycles. The lowest BCUT2D eigenvalue weighted by molar-refractivity contribution is 0.0755. The van der Waals surface area contributed by atoms with Gasteiger partial charge in [0, 0.05) is 43.5 Å². The van der Waals surface area contributed by atoms with Crippen LogP contribution in [0.25, 0.3) is 0 Å². The van der Waals surface area contributed by atoms with Crippen LogP contribution in [-0.4, -0.2) is 48.9 Å². The summed E-state index contributed by atoms with van der Waals surface area (Å²) < 4.78 is 0. The first-order valence-corrected chi connectivity index (χ1v) is 10.4.